The van der Waals surface area contributed by atoms with E-state index in [1.807, 2.05) is 12.1 Å². The van der Waals surface area contributed by atoms with Crippen LogP contribution in [0, 0.1) is 5.92 Å². The van der Waals surface area contributed by atoms with Crippen molar-refractivity contribution in [2.24, 2.45) is 10.9 Å². The molecular weight excluding hydrogens is 374 g/mol. The lowest BCUT2D eigenvalue weighted by atomic mass is 9.92. The summed E-state index contributed by atoms with van der Waals surface area (Å²) in [5, 5.41) is 6.72. The number of aldehydes is 1. The third-order valence-electron chi connectivity index (χ3n) is 4.59. The Hall–Kier alpha value is -2.64. The second-order valence-corrected chi connectivity index (χ2v) is 7.62. The molecule has 3 rings (SSSR count). The fraction of sp³-hybridized carbons (Fsp3) is 0.286. The van der Waals surface area contributed by atoms with E-state index in [4.69, 9.17) is 4.74 Å². The summed E-state index contributed by atoms with van der Waals surface area (Å²) in [5.41, 5.74) is 3.76. The maximum Gasteiger partial charge on any atom is 0.209 e. The Balaban J connectivity index is 1.93. The highest BCUT2D eigenvalue weighted by atomic mass is 32.2. The van der Waals surface area contributed by atoms with Gasteiger partial charge in [0.15, 0.2) is 5.50 Å². The summed E-state index contributed by atoms with van der Waals surface area (Å²) in [6.07, 6.45) is 8.68. The van der Waals surface area contributed by atoms with Gasteiger partial charge in [-0.05, 0) is 60.4 Å². The molecule has 1 amide bonds. The van der Waals surface area contributed by atoms with E-state index >= 15 is 0 Å². The molecular formula is C21H23N3O3S. The molecule has 2 atom stereocenters. The van der Waals surface area contributed by atoms with Crippen LogP contribution in [0.1, 0.15) is 24.0 Å². The molecule has 6 nitrogen and oxygen atoms in total. The number of hydrogen-bond acceptors (Lipinski definition) is 6. The van der Waals surface area contributed by atoms with Crippen LogP contribution in [0.15, 0.2) is 52.1 Å². The fourth-order valence-corrected chi connectivity index (χ4v) is 4.11. The minimum absolute atomic E-state index is 0.262. The molecule has 2 N–H and O–H groups in total. The van der Waals surface area contributed by atoms with E-state index in [1.165, 1.54) is 17.8 Å². The van der Waals surface area contributed by atoms with Gasteiger partial charge >= 0.3 is 0 Å². The first-order valence-electron chi connectivity index (χ1n) is 9.08. The number of allylic oxidation sites excluding steroid dienone is 3. The molecule has 28 heavy (non-hydrogen) atoms. The van der Waals surface area contributed by atoms with Crippen molar-refractivity contribution < 1.29 is 14.3 Å². The molecule has 0 spiro atoms. The zero-order valence-electron chi connectivity index (χ0n) is 15.5. The van der Waals surface area contributed by atoms with Gasteiger partial charge in [-0.15, -0.1) is 0 Å². The molecule has 2 unspecified atom stereocenters. The standard InChI is InChI=1S/C21H23N3O3S/c1-22-20-19(24-21(28-20)23-14-26)12-18(11-16-7-9-27-13-16)17-6-2-4-15(10-17)5-3-8-25/h2-6,8,10,12,14,16,21,24H,1,7,9,11,13H2,(H,23,26)/b5-3+,18-12+. The topological polar surface area (TPSA) is 79.8 Å². The molecule has 1 aromatic carbocycles. The average molecular weight is 398 g/mol. The Morgan fingerprint density at radius 3 is 3.04 bits per heavy atom. The quantitative estimate of drug-likeness (QED) is 0.380. The zero-order valence-corrected chi connectivity index (χ0v) is 16.3. The second kappa shape index (κ2) is 10.1. The van der Waals surface area contributed by atoms with E-state index in [9.17, 15) is 9.59 Å². The van der Waals surface area contributed by atoms with Crippen LogP contribution < -0.4 is 10.6 Å². The number of nitrogens with zero attached hydrogens (tertiary/aromatic N) is 1. The summed E-state index contributed by atoms with van der Waals surface area (Å²) >= 11 is 1.42. The van der Waals surface area contributed by atoms with Crippen LogP contribution in [-0.4, -0.2) is 38.1 Å². The van der Waals surface area contributed by atoms with Crippen molar-refractivity contribution in [1.29, 1.82) is 0 Å². The van der Waals surface area contributed by atoms with Crippen LogP contribution in [0.4, 0.5) is 0 Å². The summed E-state index contributed by atoms with van der Waals surface area (Å²) in [7, 11) is 0. The minimum atomic E-state index is -0.262. The van der Waals surface area contributed by atoms with Crippen molar-refractivity contribution >= 4 is 42.8 Å². The largest absolute Gasteiger partial charge is 0.381 e. The first-order valence-corrected chi connectivity index (χ1v) is 9.96. The monoisotopic (exact) mass is 397 g/mol. The fourth-order valence-electron chi connectivity index (χ4n) is 3.25. The maximum atomic E-state index is 10.8. The molecule has 1 fully saturated rings. The van der Waals surface area contributed by atoms with E-state index in [0.29, 0.717) is 12.3 Å². The first kappa shape index (κ1) is 20.1. The van der Waals surface area contributed by atoms with Gasteiger partial charge in [0, 0.05) is 13.2 Å². The summed E-state index contributed by atoms with van der Waals surface area (Å²) in [6.45, 7) is 5.19. The first-order chi connectivity index (χ1) is 13.7. The average Bonchev–Trinajstić information content (AvgIpc) is 3.36. The molecule has 0 aromatic heterocycles. The van der Waals surface area contributed by atoms with Crippen LogP contribution in [0.3, 0.4) is 0 Å². The third kappa shape index (κ3) is 5.21. The van der Waals surface area contributed by atoms with E-state index < -0.39 is 0 Å². The smallest absolute Gasteiger partial charge is 0.209 e. The highest BCUT2D eigenvalue weighted by molar-refractivity contribution is 8.03. The van der Waals surface area contributed by atoms with Crippen molar-refractivity contribution in [2.75, 3.05) is 13.2 Å². The SMILES string of the molecule is C=NC1=C(/C=C(\CC2CCOC2)c2cccc(/C=C/C=O)c2)NC(NC=O)S1. The molecule has 0 radical (unpaired) electrons. The van der Waals surface area contributed by atoms with E-state index in [2.05, 4.69) is 40.6 Å². The van der Waals surface area contributed by atoms with Crippen molar-refractivity contribution in [3.63, 3.8) is 0 Å². The maximum absolute atomic E-state index is 10.8. The summed E-state index contributed by atoms with van der Waals surface area (Å²) in [6, 6.07) is 8.06. The highest BCUT2D eigenvalue weighted by Gasteiger charge is 2.24. The predicted octanol–water partition coefficient (Wildman–Crippen LogP) is 2.94. The zero-order chi connectivity index (χ0) is 19.8. The summed E-state index contributed by atoms with van der Waals surface area (Å²) < 4.78 is 5.55. The predicted molar refractivity (Wildman–Crippen MR) is 113 cm³/mol. The van der Waals surface area contributed by atoms with E-state index in [1.54, 1.807) is 6.08 Å². The van der Waals surface area contributed by atoms with E-state index in [-0.39, 0.29) is 5.50 Å². The number of nitrogens with one attached hydrogen (secondary N) is 2. The molecule has 1 saturated heterocycles. The molecule has 146 valence electrons. The summed E-state index contributed by atoms with van der Waals surface area (Å²) in [5.74, 6) is 0.458. The number of amides is 1. The van der Waals surface area contributed by atoms with Gasteiger partial charge in [0.05, 0.1) is 5.70 Å². The van der Waals surface area contributed by atoms with Crippen LogP contribution in [0.2, 0.25) is 0 Å². The van der Waals surface area contributed by atoms with Crippen LogP contribution >= 0.6 is 11.8 Å². The van der Waals surface area contributed by atoms with Gasteiger partial charge in [0.1, 0.15) is 11.3 Å². The van der Waals surface area contributed by atoms with Crippen LogP contribution in [0.5, 0.6) is 0 Å². The highest BCUT2D eigenvalue weighted by Crippen LogP contribution is 2.34. The van der Waals surface area contributed by atoms with Crippen molar-refractivity contribution in [2.45, 2.75) is 18.3 Å². The number of thioether (sulfide) groups is 1. The summed E-state index contributed by atoms with van der Waals surface area (Å²) in [4.78, 5) is 25.5. The number of rotatable bonds is 9. The van der Waals surface area contributed by atoms with Crippen molar-refractivity contribution in [1.82, 2.24) is 10.6 Å². The third-order valence-corrected chi connectivity index (χ3v) is 5.65. The van der Waals surface area contributed by atoms with Gasteiger partial charge in [-0.1, -0.05) is 36.0 Å². The molecule has 2 aliphatic heterocycles. The van der Waals surface area contributed by atoms with Crippen molar-refractivity contribution in [3.8, 4) is 0 Å². The normalized spacial score (nSPS) is 22.4. The second-order valence-electron chi connectivity index (χ2n) is 6.53. The van der Waals surface area contributed by atoms with Gasteiger partial charge in [0.2, 0.25) is 6.41 Å². The number of ether oxygens (including phenoxy) is 1. The van der Waals surface area contributed by atoms with Crippen LogP contribution in [0.25, 0.3) is 11.6 Å². The Kier molecular flexibility index (Phi) is 7.22. The molecule has 7 heteroatoms. The van der Waals surface area contributed by atoms with Crippen LogP contribution in [-0.2, 0) is 14.3 Å². The number of benzene rings is 1. The molecule has 0 aliphatic carbocycles. The number of carbonyl (C=O) groups is 2. The molecule has 0 saturated carbocycles. The Morgan fingerprint density at radius 2 is 2.32 bits per heavy atom. The molecule has 0 bridgehead atoms. The van der Waals surface area contributed by atoms with Gasteiger partial charge in [-0.3, -0.25) is 14.6 Å². The molecule has 2 heterocycles. The number of hydrogen-bond donors (Lipinski definition) is 2. The minimum Gasteiger partial charge on any atom is -0.381 e. The van der Waals surface area contributed by atoms with E-state index in [0.717, 1.165) is 59.8 Å². The number of carbonyl (C=O) groups excluding carboxylic acids is 2. The van der Waals surface area contributed by atoms with Gasteiger partial charge < -0.3 is 15.4 Å². The lowest BCUT2D eigenvalue weighted by Gasteiger charge is -2.15. The number of aliphatic imine (C=N–C) groups is 1. The lowest BCUT2D eigenvalue weighted by Crippen LogP contribution is -2.34. The van der Waals surface area contributed by atoms with Crippen molar-refractivity contribution in [3.05, 3.63) is 58.3 Å². The van der Waals surface area contributed by atoms with Gasteiger partial charge in [-0.2, -0.15) is 0 Å². The van der Waals surface area contributed by atoms with Gasteiger partial charge in [0.25, 0.3) is 0 Å². The lowest BCUT2D eigenvalue weighted by molar-refractivity contribution is -0.109. The molecule has 1 aromatic rings. The Bertz CT molecular complexity index is 826. The van der Waals surface area contributed by atoms with Gasteiger partial charge in [-0.25, -0.2) is 0 Å². The molecule has 2 aliphatic rings. The Morgan fingerprint density at radius 1 is 1.43 bits per heavy atom. The Labute approximate surface area is 168 Å².